The molecule has 0 spiro atoms. The highest BCUT2D eigenvalue weighted by Crippen LogP contribution is 2.47. The summed E-state index contributed by atoms with van der Waals surface area (Å²) in [6, 6.07) is 30.7. The first kappa shape index (κ1) is 15.3. The molecule has 1 aromatic heterocycles. The molecule has 7 aromatic carbocycles. The Balaban J connectivity index is 1.63. The lowest BCUT2D eigenvalue weighted by molar-refractivity contribution is 0.669. The summed E-state index contributed by atoms with van der Waals surface area (Å²) in [5.41, 5.74) is 4.66. The second-order valence-corrected chi connectivity index (χ2v) is 9.19. The summed E-state index contributed by atoms with van der Waals surface area (Å²) in [6.07, 6.45) is 0. The maximum Gasteiger partial charge on any atom is 0.136 e. The van der Waals surface area contributed by atoms with Gasteiger partial charge in [-0.1, -0.05) is 121 Å². The highest BCUT2D eigenvalue weighted by atomic mass is 16.3. The molecule has 0 saturated carbocycles. The Morgan fingerprint density at radius 3 is 1.84 bits per heavy atom. The summed E-state index contributed by atoms with van der Waals surface area (Å²) >= 11 is 0. The van der Waals surface area contributed by atoms with E-state index in [1.807, 2.05) is 60.7 Å². The topological polar surface area (TPSA) is 13.1 Å². The van der Waals surface area contributed by atoms with Crippen LogP contribution >= 0.6 is 0 Å². The number of fused-ring (bicyclic) bond motifs is 7. The minimum Gasteiger partial charge on any atom is -0.456 e. The van der Waals surface area contributed by atoms with Crippen molar-refractivity contribution in [2.75, 3.05) is 0 Å². The van der Waals surface area contributed by atoms with E-state index in [1.165, 1.54) is 0 Å². The number of furan rings is 1. The fourth-order valence-electron chi connectivity index (χ4n) is 5.73. The van der Waals surface area contributed by atoms with E-state index in [4.69, 9.17) is 12.6 Å². The largest absolute Gasteiger partial charge is 0.456 e. The van der Waals surface area contributed by atoms with Crippen LogP contribution in [0.3, 0.4) is 0 Å². The van der Waals surface area contributed by atoms with E-state index < -0.39 is 6.04 Å². The predicted molar refractivity (Wildman–Crippen MR) is 157 cm³/mol. The van der Waals surface area contributed by atoms with E-state index >= 15 is 0 Å². The Kier molecular flexibility index (Phi) is 3.23. The maximum absolute atomic E-state index is 8.87. The number of rotatable bonds is 2. The van der Waals surface area contributed by atoms with Gasteiger partial charge in [0.05, 0.1) is 8.22 Å². The van der Waals surface area contributed by atoms with E-state index in [0.29, 0.717) is 16.4 Å². The Hall–Kier alpha value is -4.88. The van der Waals surface area contributed by atoms with Crippen LogP contribution in [0.15, 0.2) is 138 Å². The van der Waals surface area contributed by atoms with E-state index in [-0.39, 0.29) is 46.6 Å². The van der Waals surface area contributed by atoms with Gasteiger partial charge in [-0.15, -0.1) is 0 Å². The van der Waals surface area contributed by atoms with Gasteiger partial charge in [0, 0.05) is 10.8 Å². The van der Waals surface area contributed by atoms with Gasteiger partial charge >= 0.3 is 0 Å². The monoisotopic (exact) mass is 476 g/mol. The molecule has 1 nitrogen and oxygen atoms in total. The molecule has 8 aromatic rings. The van der Waals surface area contributed by atoms with Crippen LogP contribution in [0.25, 0.3) is 76.5 Å². The Morgan fingerprint density at radius 1 is 0.459 bits per heavy atom. The van der Waals surface area contributed by atoms with Crippen molar-refractivity contribution >= 4 is 54.3 Å². The second kappa shape index (κ2) is 7.81. The molecular formula is C36H22O. The van der Waals surface area contributed by atoms with Crippen LogP contribution in [0.2, 0.25) is 0 Å². The lowest BCUT2D eigenvalue weighted by Gasteiger charge is -2.18. The quantitative estimate of drug-likeness (QED) is 0.226. The maximum atomic E-state index is 8.87. The van der Waals surface area contributed by atoms with Gasteiger partial charge in [-0.05, 0) is 66.7 Å². The van der Waals surface area contributed by atoms with Crippen LogP contribution in [-0.4, -0.2) is 0 Å². The molecule has 0 N–H and O–H groups in total. The van der Waals surface area contributed by atoms with Gasteiger partial charge in [-0.25, -0.2) is 0 Å². The summed E-state index contributed by atoms with van der Waals surface area (Å²) < 4.78 is 57.9. The van der Waals surface area contributed by atoms with Crippen molar-refractivity contribution in [2.24, 2.45) is 0 Å². The van der Waals surface area contributed by atoms with E-state index in [2.05, 4.69) is 36.4 Å². The van der Waals surface area contributed by atoms with Gasteiger partial charge in [0.25, 0.3) is 0 Å². The summed E-state index contributed by atoms with van der Waals surface area (Å²) in [5, 5.41) is 5.51. The Bertz CT molecular complexity index is 2410. The van der Waals surface area contributed by atoms with Crippen LogP contribution in [0.5, 0.6) is 0 Å². The van der Waals surface area contributed by atoms with Gasteiger partial charge in [0.1, 0.15) is 11.2 Å². The molecule has 0 fully saturated rings. The molecule has 0 bridgehead atoms. The molecule has 37 heavy (non-hydrogen) atoms. The molecule has 0 amide bonds. The number of hydrogen-bond donors (Lipinski definition) is 0. The van der Waals surface area contributed by atoms with Crippen molar-refractivity contribution in [2.45, 2.75) is 0 Å². The van der Waals surface area contributed by atoms with Crippen LogP contribution in [0.4, 0.5) is 0 Å². The number of benzene rings is 7. The average Bonchev–Trinajstić information content (AvgIpc) is 3.44. The number of hydrogen-bond acceptors (Lipinski definition) is 1. The summed E-state index contributed by atoms with van der Waals surface area (Å²) in [5.74, 6) is 0. The van der Waals surface area contributed by atoms with Crippen molar-refractivity contribution < 1.29 is 12.6 Å². The standard InChI is InChI=1S/C36H22O/c1-2-12-24(13-3-1)33-26-15-6-8-17-28(26)34(29-18-9-7-16-27(29)33)30-19-10-20-31-36(30)35-25-14-5-4-11-23(25)21-22-32(35)37-31/h1-22H/i4D,5D,11D,14D,21D,22D. The third-order valence-electron chi connectivity index (χ3n) is 7.22. The summed E-state index contributed by atoms with van der Waals surface area (Å²) in [4.78, 5) is 0. The molecule has 0 atom stereocenters. The average molecular weight is 477 g/mol. The van der Waals surface area contributed by atoms with E-state index in [1.54, 1.807) is 0 Å². The first-order valence-corrected chi connectivity index (χ1v) is 12.2. The van der Waals surface area contributed by atoms with Gasteiger partial charge in [0.15, 0.2) is 0 Å². The molecule has 0 aliphatic rings. The predicted octanol–water partition coefficient (Wildman–Crippen LogP) is 10.4. The first-order valence-electron chi connectivity index (χ1n) is 15.2. The molecule has 8 rings (SSSR count). The Morgan fingerprint density at radius 2 is 1.11 bits per heavy atom. The van der Waals surface area contributed by atoms with Crippen molar-refractivity contribution in [1.29, 1.82) is 0 Å². The summed E-state index contributed by atoms with van der Waals surface area (Å²) in [7, 11) is 0. The molecule has 0 unspecified atom stereocenters. The highest BCUT2D eigenvalue weighted by Gasteiger charge is 2.20. The molecule has 0 aliphatic carbocycles. The van der Waals surface area contributed by atoms with Crippen molar-refractivity contribution in [3.63, 3.8) is 0 Å². The smallest absolute Gasteiger partial charge is 0.136 e. The zero-order valence-corrected chi connectivity index (χ0v) is 19.6. The van der Waals surface area contributed by atoms with Crippen molar-refractivity contribution in [3.05, 3.63) is 133 Å². The molecule has 0 saturated heterocycles. The van der Waals surface area contributed by atoms with Crippen molar-refractivity contribution in [1.82, 2.24) is 0 Å². The summed E-state index contributed by atoms with van der Waals surface area (Å²) in [6.45, 7) is 0. The van der Waals surface area contributed by atoms with Crippen LogP contribution in [-0.2, 0) is 0 Å². The lowest BCUT2D eigenvalue weighted by Crippen LogP contribution is -1.91. The van der Waals surface area contributed by atoms with Gasteiger partial charge in [0.2, 0.25) is 0 Å². The zero-order valence-electron chi connectivity index (χ0n) is 25.6. The van der Waals surface area contributed by atoms with Gasteiger partial charge in [-0.3, -0.25) is 0 Å². The van der Waals surface area contributed by atoms with Crippen molar-refractivity contribution in [3.8, 4) is 22.3 Å². The first-order chi connectivity index (χ1) is 20.9. The molecule has 1 heterocycles. The fourth-order valence-corrected chi connectivity index (χ4v) is 5.73. The molecule has 0 radical (unpaired) electrons. The third-order valence-corrected chi connectivity index (χ3v) is 7.22. The van der Waals surface area contributed by atoms with Crippen LogP contribution < -0.4 is 0 Å². The van der Waals surface area contributed by atoms with Gasteiger partial charge < -0.3 is 4.42 Å². The molecule has 0 aliphatic heterocycles. The normalized spacial score (nSPS) is 14.1. The molecule has 1 heteroatoms. The van der Waals surface area contributed by atoms with Crippen LogP contribution in [0.1, 0.15) is 8.22 Å². The second-order valence-electron chi connectivity index (χ2n) is 9.19. The van der Waals surface area contributed by atoms with E-state index in [0.717, 1.165) is 43.8 Å². The van der Waals surface area contributed by atoms with Gasteiger partial charge in [-0.2, -0.15) is 0 Å². The Labute approximate surface area is 222 Å². The third kappa shape index (κ3) is 2.92. The molecule has 172 valence electrons. The molecular weight excluding hydrogens is 448 g/mol. The van der Waals surface area contributed by atoms with E-state index in [9.17, 15) is 0 Å². The SMILES string of the molecule is [2H]c1c([2H])c([2H])c2c(c1[2H])c([2H])c([2H])c1oc3cccc(-c4c5ccccc5c(-c5ccccc5)c5ccccc45)c3c12. The fraction of sp³-hybridized carbons (Fsp3) is 0. The minimum atomic E-state index is -0.425. The minimum absolute atomic E-state index is 0.0233. The zero-order chi connectivity index (χ0) is 29.6. The van der Waals surface area contributed by atoms with Crippen LogP contribution in [0, 0.1) is 0 Å². The highest BCUT2D eigenvalue weighted by molar-refractivity contribution is 6.28. The lowest BCUT2D eigenvalue weighted by atomic mass is 9.85.